The summed E-state index contributed by atoms with van der Waals surface area (Å²) in [6, 6.07) is 0. The maximum atomic E-state index is 9.25. The molecular formula is C13H23N3O. The third-order valence-corrected chi connectivity index (χ3v) is 3.90. The minimum absolute atomic E-state index is 0.321. The van der Waals surface area contributed by atoms with Crippen LogP contribution in [0.4, 0.5) is 0 Å². The first-order chi connectivity index (χ1) is 8.11. The number of aliphatic hydroxyl groups excluding tert-OH is 1. The van der Waals surface area contributed by atoms with E-state index in [-0.39, 0.29) is 0 Å². The molecule has 0 aliphatic carbocycles. The zero-order chi connectivity index (χ0) is 12.4. The second-order valence-corrected chi connectivity index (χ2v) is 5.20. The fourth-order valence-corrected chi connectivity index (χ4v) is 2.71. The van der Waals surface area contributed by atoms with Gasteiger partial charge in [-0.25, -0.2) is 0 Å². The Kier molecular flexibility index (Phi) is 3.84. The molecule has 2 heterocycles. The SMILES string of the molecule is Cc1nn(C)c(C)c1CN1CCCC(CO)C1. The van der Waals surface area contributed by atoms with Crippen LogP contribution in [0, 0.1) is 19.8 Å². The minimum atomic E-state index is 0.321. The number of aromatic nitrogens is 2. The van der Waals surface area contributed by atoms with Crippen LogP contribution in [0.1, 0.15) is 29.8 Å². The van der Waals surface area contributed by atoms with Gasteiger partial charge in [0.05, 0.1) is 5.69 Å². The van der Waals surface area contributed by atoms with Crippen molar-refractivity contribution in [2.75, 3.05) is 19.7 Å². The summed E-state index contributed by atoms with van der Waals surface area (Å²) < 4.78 is 1.96. The lowest BCUT2D eigenvalue weighted by Gasteiger charge is -2.31. The summed E-state index contributed by atoms with van der Waals surface area (Å²) in [6.07, 6.45) is 2.36. The fraction of sp³-hybridized carbons (Fsp3) is 0.769. The van der Waals surface area contributed by atoms with Crippen LogP contribution < -0.4 is 0 Å². The molecule has 0 saturated carbocycles. The van der Waals surface area contributed by atoms with Crippen LogP contribution in [0.2, 0.25) is 0 Å². The maximum Gasteiger partial charge on any atom is 0.0641 e. The number of rotatable bonds is 3. The van der Waals surface area contributed by atoms with E-state index in [1.807, 2.05) is 11.7 Å². The number of hydrogen-bond acceptors (Lipinski definition) is 3. The summed E-state index contributed by atoms with van der Waals surface area (Å²) in [5.74, 6) is 0.459. The van der Waals surface area contributed by atoms with Crippen LogP contribution in [0.3, 0.4) is 0 Å². The highest BCUT2D eigenvalue weighted by atomic mass is 16.3. The average molecular weight is 237 g/mol. The van der Waals surface area contributed by atoms with Crippen LogP contribution in [0.5, 0.6) is 0 Å². The summed E-state index contributed by atoms with van der Waals surface area (Å²) in [5.41, 5.74) is 3.75. The number of hydrogen-bond donors (Lipinski definition) is 1. The van der Waals surface area contributed by atoms with Gasteiger partial charge in [0.25, 0.3) is 0 Å². The van der Waals surface area contributed by atoms with Gasteiger partial charge in [-0.15, -0.1) is 0 Å². The lowest BCUT2D eigenvalue weighted by Crippen LogP contribution is -2.36. The zero-order valence-corrected chi connectivity index (χ0v) is 11.1. The van der Waals surface area contributed by atoms with Gasteiger partial charge >= 0.3 is 0 Å². The second-order valence-electron chi connectivity index (χ2n) is 5.20. The zero-order valence-electron chi connectivity index (χ0n) is 11.1. The van der Waals surface area contributed by atoms with Crippen LogP contribution in [0.15, 0.2) is 0 Å². The van der Waals surface area contributed by atoms with E-state index in [1.165, 1.54) is 17.7 Å². The molecular weight excluding hydrogens is 214 g/mol. The molecule has 4 heteroatoms. The molecule has 1 aromatic heterocycles. The van der Waals surface area contributed by atoms with E-state index in [4.69, 9.17) is 0 Å². The standard InChI is InChI=1S/C13H23N3O/c1-10-13(11(2)15(3)14-10)8-16-6-4-5-12(7-16)9-17/h12,17H,4-9H2,1-3H3. The Balaban J connectivity index is 2.05. The fourth-order valence-electron chi connectivity index (χ4n) is 2.71. The summed E-state index contributed by atoms with van der Waals surface area (Å²) >= 11 is 0. The third-order valence-electron chi connectivity index (χ3n) is 3.90. The van der Waals surface area contributed by atoms with Crippen molar-refractivity contribution in [2.24, 2.45) is 13.0 Å². The molecule has 1 unspecified atom stereocenters. The highest BCUT2D eigenvalue weighted by molar-refractivity contribution is 5.24. The molecule has 0 spiro atoms. The van der Waals surface area contributed by atoms with Crippen molar-refractivity contribution < 1.29 is 5.11 Å². The monoisotopic (exact) mass is 237 g/mol. The van der Waals surface area contributed by atoms with Gasteiger partial charge in [0.2, 0.25) is 0 Å². The average Bonchev–Trinajstić information content (AvgIpc) is 2.56. The Labute approximate surface area is 103 Å². The van der Waals surface area contributed by atoms with Crippen molar-refractivity contribution in [3.8, 4) is 0 Å². The summed E-state index contributed by atoms with van der Waals surface area (Å²) in [4.78, 5) is 2.45. The highest BCUT2D eigenvalue weighted by Gasteiger charge is 2.21. The normalized spacial score (nSPS) is 22.0. The van der Waals surface area contributed by atoms with Crippen LogP contribution in [-0.4, -0.2) is 39.5 Å². The summed E-state index contributed by atoms with van der Waals surface area (Å²) in [6.45, 7) is 7.66. The summed E-state index contributed by atoms with van der Waals surface area (Å²) in [5, 5.41) is 13.7. The molecule has 2 rings (SSSR count). The first-order valence-corrected chi connectivity index (χ1v) is 6.44. The second kappa shape index (κ2) is 5.19. The van der Waals surface area contributed by atoms with E-state index < -0.39 is 0 Å². The third kappa shape index (κ3) is 2.69. The molecule has 1 atom stereocenters. The van der Waals surface area contributed by atoms with Crippen molar-refractivity contribution >= 4 is 0 Å². The molecule has 17 heavy (non-hydrogen) atoms. The Morgan fingerprint density at radius 1 is 1.41 bits per heavy atom. The molecule has 0 radical (unpaired) electrons. The van der Waals surface area contributed by atoms with Gasteiger partial charge in [-0.1, -0.05) is 0 Å². The van der Waals surface area contributed by atoms with Crippen molar-refractivity contribution in [3.63, 3.8) is 0 Å². The van der Waals surface area contributed by atoms with E-state index in [0.29, 0.717) is 12.5 Å². The van der Waals surface area contributed by atoms with Crippen molar-refractivity contribution in [1.82, 2.24) is 14.7 Å². The first-order valence-electron chi connectivity index (χ1n) is 6.44. The Hall–Kier alpha value is -0.870. The molecule has 0 aromatic carbocycles. The van der Waals surface area contributed by atoms with Gasteiger partial charge in [0.1, 0.15) is 0 Å². The van der Waals surface area contributed by atoms with Crippen molar-refractivity contribution in [2.45, 2.75) is 33.2 Å². The van der Waals surface area contributed by atoms with E-state index in [1.54, 1.807) is 0 Å². The molecule has 0 amide bonds. The molecule has 1 saturated heterocycles. The minimum Gasteiger partial charge on any atom is -0.396 e. The van der Waals surface area contributed by atoms with Gasteiger partial charge in [0, 0.05) is 38.0 Å². The van der Waals surface area contributed by atoms with Crippen LogP contribution in [0.25, 0.3) is 0 Å². The van der Waals surface area contributed by atoms with Gasteiger partial charge < -0.3 is 5.11 Å². The largest absolute Gasteiger partial charge is 0.396 e. The van der Waals surface area contributed by atoms with E-state index in [0.717, 1.165) is 31.7 Å². The van der Waals surface area contributed by atoms with Gasteiger partial charge in [-0.05, 0) is 39.2 Å². The van der Waals surface area contributed by atoms with E-state index in [2.05, 4.69) is 23.8 Å². The van der Waals surface area contributed by atoms with Crippen LogP contribution in [-0.2, 0) is 13.6 Å². The number of piperidine rings is 1. The number of nitrogens with zero attached hydrogens (tertiary/aromatic N) is 3. The van der Waals surface area contributed by atoms with E-state index >= 15 is 0 Å². The molecule has 4 nitrogen and oxygen atoms in total. The topological polar surface area (TPSA) is 41.3 Å². The highest BCUT2D eigenvalue weighted by Crippen LogP contribution is 2.20. The molecule has 1 aromatic rings. The Morgan fingerprint density at radius 2 is 2.18 bits per heavy atom. The van der Waals surface area contributed by atoms with E-state index in [9.17, 15) is 5.11 Å². The smallest absolute Gasteiger partial charge is 0.0641 e. The molecule has 0 bridgehead atoms. The summed E-state index contributed by atoms with van der Waals surface area (Å²) in [7, 11) is 2.00. The molecule has 1 N–H and O–H groups in total. The lowest BCUT2D eigenvalue weighted by molar-refractivity contribution is 0.115. The molecule has 1 aliphatic rings. The predicted octanol–water partition coefficient (Wildman–Crippen LogP) is 1.24. The van der Waals surface area contributed by atoms with Crippen LogP contribution >= 0.6 is 0 Å². The number of aliphatic hydroxyl groups is 1. The molecule has 96 valence electrons. The Bertz CT molecular complexity index is 386. The van der Waals surface area contributed by atoms with Crippen molar-refractivity contribution in [1.29, 1.82) is 0 Å². The first kappa shape index (κ1) is 12.6. The molecule has 1 fully saturated rings. The quantitative estimate of drug-likeness (QED) is 0.860. The van der Waals surface area contributed by atoms with Gasteiger partial charge in [-0.2, -0.15) is 5.10 Å². The maximum absolute atomic E-state index is 9.25. The Morgan fingerprint density at radius 3 is 2.76 bits per heavy atom. The number of aryl methyl sites for hydroxylation is 2. The van der Waals surface area contributed by atoms with Crippen molar-refractivity contribution in [3.05, 3.63) is 17.0 Å². The molecule has 1 aliphatic heterocycles. The van der Waals surface area contributed by atoms with Gasteiger partial charge in [0.15, 0.2) is 0 Å². The predicted molar refractivity (Wildman–Crippen MR) is 67.8 cm³/mol. The number of likely N-dealkylation sites (tertiary alicyclic amines) is 1. The lowest BCUT2D eigenvalue weighted by atomic mass is 9.98. The van der Waals surface area contributed by atoms with Gasteiger partial charge in [-0.3, -0.25) is 9.58 Å².